The van der Waals surface area contributed by atoms with E-state index in [4.69, 9.17) is 10.5 Å². The molecule has 3 N–H and O–H groups in total. The van der Waals surface area contributed by atoms with Gasteiger partial charge >= 0.3 is 0 Å². The first kappa shape index (κ1) is 15.0. The highest BCUT2D eigenvalue weighted by Gasteiger charge is 2.23. The molecule has 0 saturated carbocycles. The minimum atomic E-state index is -0.141. The molecule has 1 heterocycles. The van der Waals surface area contributed by atoms with Gasteiger partial charge in [-0.15, -0.1) is 0 Å². The molecule has 1 fully saturated rings. The number of thioether (sulfide) groups is 1. The van der Waals surface area contributed by atoms with Crippen molar-refractivity contribution in [1.82, 2.24) is 4.90 Å². The molecule has 5 nitrogen and oxygen atoms in total. The van der Waals surface area contributed by atoms with Gasteiger partial charge in [0.05, 0.1) is 24.5 Å². The van der Waals surface area contributed by atoms with Crippen LogP contribution in [0, 0.1) is 0 Å². The molecule has 1 saturated heterocycles. The monoisotopic (exact) mass is 295 g/mol. The van der Waals surface area contributed by atoms with E-state index in [0.29, 0.717) is 17.1 Å². The first-order chi connectivity index (χ1) is 9.61. The van der Waals surface area contributed by atoms with Crippen molar-refractivity contribution < 1.29 is 9.53 Å². The van der Waals surface area contributed by atoms with Gasteiger partial charge in [0.2, 0.25) is 5.91 Å². The number of hydrogen-bond donors (Lipinski definition) is 2. The van der Waals surface area contributed by atoms with Gasteiger partial charge in [0.1, 0.15) is 5.75 Å². The van der Waals surface area contributed by atoms with E-state index in [2.05, 4.69) is 10.2 Å². The van der Waals surface area contributed by atoms with Crippen LogP contribution in [0.25, 0.3) is 0 Å². The number of hydrogen-bond acceptors (Lipinski definition) is 5. The van der Waals surface area contributed by atoms with E-state index in [-0.39, 0.29) is 11.9 Å². The van der Waals surface area contributed by atoms with Crippen molar-refractivity contribution in [2.45, 2.75) is 13.0 Å². The number of carbonyl (C=O) groups excluding carboxylic acids is 1. The van der Waals surface area contributed by atoms with Crippen LogP contribution < -0.4 is 15.8 Å². The van der Waals surface area contributed by atoms with Gasteiger partial charge in [-0.25, -0.2) is 0 Å². The number of rotatable bonds is 4. The van der Waals surface area contributed by atoms with Crippen molar-refractivity contribution in [3.63, 3.8) is 0 Å². The molecule has 0 radical (unpaired) electrons. The van der Waals surface area contributed by atoms with Gasteiger partial charge in [-0.1, -0.05) is 0 Å². The summed E-state index contributed by atoms with van der Waals surface area (Å²) >= 11 is 1.93. The molecule has 1 aliphatic rings. The second-order valence-corrected chi connectivity index (χ2v) is 5.99. The van der Waals surface area contributed by atoms with Gasteiger partial charge in [-0.2, -0.15) is 11.8 Å². The van der Waals surface area contributed by atoms with Crippen LogP contribution >= 0.6 is 11.8 Å². The predicted octanol–water partition coefficient (Wildman–Crippen LogP) is 1.65. The number of anilines is 2. The fraction of sp³-hybridized carbons (Fsp3) is 0.500. The Hall–Kier alpha value is -1.40. The molecular weight excluding hydrogens is 274 g/mol. The molecule has 1 aromatic rings. The summed E-state index contributed by atoms with van der Waals surface area (Å²) in [6.45, 7) is 3.85. The predicted molar refractivity (Wildman–Crippen MR) is 84.4 cm³/mol. The number of ether oxygens (including phenoxy) is 1. The third-order valence-corrected chi connectivity index (χ3v) is 4.43. The van der Waals surface area contributed by atoms with Crippen molar-refractivity contribution in [3.8, 4) is 5.75 Å². The zero-order valence-corrected chi connectivity index (χ0v) is 12.7. The van der Waals surface area contributed by atoms with Gasteiger partial charge < -0.3 is 15.8 Å². The van der Waals surface area contributed by atoms with Crippen LogP contribution in [0.15, 0.2) is 18.2 Å². The molecule has 0 spiro atoms. The first-order valence-electron chi connectivity index (χ1n) is 6.68. The molecule has 110 valence electrons. The SMILES string of the molecule is COc1ccc(NC(=O)C(C)N2CCSCC2)c(N)c1. The minimum Gasteiger partial charge on any atom is -0.497 e. The fourth-order valence-corrected chi connectivity index (χ4v) is 3.08. The highest BCUT2D eigenvalue weighted by molar-refractivity contribution is 7.99. The lowest BCUT2D eigenvalue weighted by molar-refractivity contribution is -0.120. The zero-order chi connectivity index (χ0) is 14.5. The van der Waals surface area contributed by atoms with E-state index in [1.54, 1.807) is 25.3 Å². The Morgan fingerprint density at radius 2 is 2.15 bits per heavy atom. The second kappa shape index (κ2) is 6.85. The third-order valence-electron chi connectivity index (χ3n) is 3.49. The van der Waals surface area contributed by atoms with Crippen LogP contribution in [0.2, 0.25) is 0 Å². The molecule has 6 heteroatoms. The lowest BCUT2D eigenvalue weighted by Crippen LogP contribution is -2.46. The number of carbonyl (C=O) groups is 1. The molecular formula is C14H21N3O2S. The molecule has 1 unspecified atom stereocenters. The number of benzene rings is 1. The van der Waals surface area contributed by atoms with Gasteiger partial charge in [-0.3, -0.25) is 9.69 Å². The fourth-order valence-electron chi connectivity index (χ4n) is 2.15. The number of nitrogens with zero attached hydrogens (tertiary/aromatic N) is 1. The lowest BCUT2D eigenvalue weighted by atomic mass is 10.2. The third kappa shape index (κ3) is 3.58. The second-order valence-electron chi connectivity index (χ2n) is 4.77. The topological polar surface area (TPSA) is 67.6 Å². The molecule has 1 aliphatic heterocycles. The average Bonchev–Trinajstić information content (AvgIpc) is 2.49. The zero-order valence-electron chi connectivity index (χ0n) is 11.9. The Labute approximate surface area is 123 Å². The van der Waals surface area contributed by atoms with Crippen molar-refractivity contribution in [2.75, 3.05) is 42.8 Å². The Morgan fingerprint density at radius 3 is 2.75 bits per heavy atom. The molecule has 1 atom stereocenters. The van der Waals surface area contributed by atoms with Gasteiger partial charge in [-0.05, 0) is 19.1 Å². The minimum absolute atomic E-state index is 0.0197. The largest absolute Gasteiger partial charge is 0.497 e. The van der Waals surface area contributed by atoms with Crippen molar-refractivity contribution in [3.05, 3.63) is 18.2 Å². The Morgan fingerprint density at radius 1 is 1.45 bits per heavy atom. The van der Waals surface area contributed by atoms with E-state index in [1.165, 1.54) is 0 Å². The normalized spacial score (nSPS) is 17.5. The molecule has 0 aliphatic carbocycles. The van der Waals surface area contributed by atoms with Crippen LogP contribution in [0.3, 0.4) is 0 Å². The van der Waals surface area contributed by atoms with Crippen LogP contribution in [0.5, 0.6) is 5.75 Å². The smallest absolute Gasteiger partial charge is 0.241 e. The van der Waals surface area contributed by atoms with Crippen molar-refractivity contribution in [2.24, 2.45) is 0 Å². The summed E-state index contributed by atoms with van der Waals surface area (Å²) in [5.74, 6) is 2.83. The maximum absolute atomic E-state index is 12.3. The highest BCUT2D eigenvalue weighted by atomic mass is 32.2. The number of nitrogen functional groups attached to an aromatic ring is 1. The summed E-state index contributed by atoms with van der Waals surface area (Å²) in [7, 11) is 1.59. The van der Waals surface area contributed by atoms with E-state index in [1.807, 2.05) is 18.7 Å². The van der Waals surface area contributed by atoms with Crippen molar-refractivity contribution in [1.29, 1.82) is 0 Å². The summed E-state index contributed by atoms with van der Waals surface area (Å²) < 4.78 is 5.09. The van der Waals surface area contributed by atoms with Gasteiger partial charge in [0.15, 0.2) is 0 Å². The van der Waals surface area contributed by atoms with Crippen LogP contribution in [0.1, 0.15) is 6.92 Å². The van der Waals surface area contributed by atoms with Crippen molar-refractivity contribution >= 4 is 29.0 Å². The van der Waals surface area contributed by atoms with E-state index in [9.17, 15) is 4.79 Å². The Kier molecular flexibility index (Phi) is 5.14. The number of nitrogens with two attached hydrogens (primary N) is 1. The first-order valence-corrected chi connectivity index (χ1v) is 7.83. The van der Waals surface area contributed by atoms with Crippen LogP contribution in [0.4, 0.5) is 11.4 Å². The molecule has 0 bridgehead atoms. The van der Waals surface area contributed by atoms with Gasteiger partial charge in [0.25, 0.3) is 0 Å². The number of methoxy groups -OCH3 is 1. The quantitative estimate of drug-likeness (QED) is 0.827. The number of nitrogens with one attached hydrogen (secondary N) is 1. The Bertz CT molecular complexity index is 475. The molecule has 0 aromatic heterocycles. The van der Waals surface area contributed by atoms with E-state index >= 15 is 0 Å². The summed E-state index contributed by atoms with van der Waals surface area (Å²) in [6.07, 6.45) is 0. The van der Waals surface area contributed by atoms with Gasteiger partial charge in [0, 0.05) is 30.7 Å². The van der Waals surface area contributed by atoms with Crippen LogP contribution in [-0.4, -0.2) is 48.6 Å². The van der Waals surface area contributed by atoms with Crippen LogP contribution in [-0.2, 0) is 4.79 Å². The summed E-state index contributed by atoms with van der Waals surface area (Å²) in [4.78, 5) is 14.5. The summed E-state index contributed by atoms with van der Waals surface area (Å²) in [5, 5.41) is 2.89. The maximum atomic E-state index is 12.3. The summed E-state index contributed by atoms with van der Waals surface area (Å²) in [5.41, 5.74) is 7.06. The molecule has 1 aromatic carbocycles. The Balaban J connectivity index is 1.99. The maximum Gasteiger partial charge on any atom is 0.241 e. The molecule has 1 amide bonds. The molecule has 20 heavy (non-hydrogen) atoms. The number of amides is 1. The van der Waals surface area contributed by atoms with E-state index < -0.39 is 0 Å². The highest BCUT2D eigenvalue weighted by Crippen LogP contribution is 2.24. The standard InChI is InChI=1S/C14H21N3O2S/c1-10(17-5-7-20-8-6-17)14(18)16-13-4-3-11(19-2)9-12(13)15/h3-4,9-10H,5-8,15H2,1-2H3,(H,16,18). The molecule has 2 rings (SSSR count). The lowest BCUT2D eigenvalue weighted by Gasteiger charge is -2.31. The average molecular weight is 295 g/mol. The summed E-state index contributed by atoms with van der Waals surface area (Å²) in [6, 6.07) is 5.12. The van der Waals surface area contributed by atoms with E-state index in [0.717, 1.165) is 24.6 Å².